The zero-order valence-corrected chi connectivity index (χ0v) is 25.8. The topological polar surface area (TPSA) is 101 Å². The van der Waals surface area contributed by atoms with Crippen LogP contribution in [0.5, 0.6) is 0 Å². The normalized spacial score (nSPS) is 47.4. The molecule has 0 aromatic rings. The summed E-state index contributed by atoms with van der Waals surface area (Å²) in [5.74, 6) is -0.0443. The number of carboxylic acids is 2. The molecule has 0 aliphatic heterocycles. The predicted molar refractivity (Wildman–Crippen MR) is 153 cm³/mol. The minimum Gasteiger partial charge on any atom is -0.481 e. The van der Waals surface area contributed by atoms with Gasteiger partial charge in [-0.15, -0.1) is 0 Å². The van der Waals surface area contributed by atoms with Gasteiger partial charge in [0.1, 0.15) is 6.10 Å². The van der Waals surface area contributed by atoms with Crippen LogP contribution in [-0.4, -0.2) is 34.2 Å². The van der Waals surface area contributed by atoms with E-state index in [0.717, 1.165) is 57.8 Å². The highest BCUT2D eigenvalue weighted by Gasteiger charge is 2.69. The van der Waals surface area contributed by atoms with Gasteiger partial charge >= 0.3 is 17.9 Å². The third-order valence-corrected chi connectivity index (χ3v) is 14.2. The van der Waals surface area contributed by atoms with Crippen LogP contribution in [0.1, 0.15) is 119 Å². The number of carboxylic acid groups (broad SMARTS) is 2. The van der Waals surface area contributed by atoms with Crippen molar-refractivity contribution in [2.45, 2.75) is 125 Å². The molecule has 5 aliphatic carbocycles. The lowest BCUT2D eigenvalue weighted by Crippen LogP contribution is -2.65. The number of hydrogen-bond donors (Lipinski definition) is 2. The van der Waals surface area contributed by atoms with Gasteiger partial charge in [0.25, 0.3) is 0 Å². The Bertz CT molecular complexity index is 1110. The summed E-state index contributed by atoms with van der Waals surface area (Å²) in [5.41, 5.74) is 0.819. The smallest absolute Gasteiger partial charge is 0.310 e. The quantitative estimate of drug-likeness (QED) is 0.268. The average molecular weight is 557 g/mol. The first-order chi connectivity index (χ1) is 18.5. The average Bonchev–Trinajstić information content (AvgIpc) is 2.87. The fourth-order valence-corrected chi connectivity index (χ4v) is 11.5. The molecule has 0 radical (unpaired) electrons. The van der Waals surface area contributed by atoms with Crippen LogP contribution in [0.2, 0.25) is 0 Å². The molecule has 2 N–H and O–H groups in total. The highest BCUT2D eigenvalue weighted by atomic mass is 16.5. The van der Waals surface area contributed by atoms with Gasteiger partial charge in [-0.1, -0.05) is 60.1 Å². The van der Waals surface area contributed by atoms with Gasteiger partial charge in [-0.05, 0) is 104 Å². The van der Waals surface area contributed by atoms with Crippen LogP contribution >= 0.6 is 0 Å². The lowest BCUT2D eigenvalue weighted by molar-refractivity contribution is -0.214. The summed E-state index contributed by atoms with van der Waals surface area (Å²) in [7, 11) is 0. The highest BCUT2D eigenvalue weighted by Crippen LogP contribution is 2.75. The van der Waals surface area contributed by atoms with Crippen molar-refractivity contribution in [2.24, 2.45) is 56.7 Å². The molecule has 6 heteroatoms. The maximum absolute atomic E-state index is 12.9. The van der Waals surface area contributed by atoms with E-state index in [1.54, 1.807) is 0 Å². The SMILES string of the molecule is C[C@@H]1CC[C@]2(C(=O)O)CC[C@]3(C)C(=CCC4[C@@]5(C)CC[C@H](OC(=O)CCC(=O)O)C(C)(C)C5CC[C@]43C)C2[C@H]1C. The summed E-state index contributed by atoms with van der Waals surface area (Å²) in [6.45, 7) is 16.6. The zero-order valence-electron chi connectivity index (χ0n) is 25.8. The van der Waals surface area contributed by atoms with Gasteiger partial charge in [0, 0.05) is 5.41 Å². The zero-order chi connectivity index (χ0) is 29.5. The Morgan fingerprint density at radius 1 is 0.875 bits per heavy atom. The molecular formula is C34H52O6. The molecule has 5 rings (SSSR count). The van der Waals surface area contributed by atoms with E-state index >= 15 is 0 Å². The minimum atomic E-state index is -0.974. The first-order valence-electron chi connectivity index (χ1n) is 15.9. The van der Waals surface area contributed by atoms with Gasteiger partial charge in [-0.2, -0.15) is 0 Å². The molecule has 0 spiro atoms. The van der Waals surface area contributed by atoms with Gasteiger partial charge in [-0.3, -0.25) is 14.4 Å². The van der Waals surface area contributed by atoms with Gasteiger partial charge in [0.2, 0.25) is 0 Å². The number of rotatable bonds is 5. The third kappa shape index (κ3) is 3.96. The highest BCUT2D eigenvalue weighted by molar-refractivity contribution is 5.77. The number of carbonyl (C=O) groups is 3. The summed E-state index contributed by atoms with van der Waals surface area (Å²) in [6, 6.07) is 0. The Morgan fingerprint density at radius 3 is 2.23 bits per heavy atom. The molecule has 4 fully saturated rings. The molecule has 0 aromatic carbocycles. The number of esters is 1. The Balaban J connectivity index is 1.47. The molecule has 4 saturated carbocycles. The third-order valence-electron chi connectivity index (χ3n) is 14.2. The first-order valence-corrected chi connectivity index (χ1v) is 15.9. The van der Waals surface area contributed by atoms with E-state index in [9.17, 15) is 19.5 Å². The number of fused-ring (bicyclic) bond motifs is 7. The fraction of sp³-hybridized carbons (Fsp3) is 0.853. The van der Waals surface area contributed by atoms with E-state index in [0.29, 0.717) is 23.7 Å². The number of hydrogen-bond acceptors (Lipinski definition) is 4. The van der Waals surface area contributed by atoms with Crippen molar-refractivity contribution >= 4 is 17.9 Å². The van der Waals surface area contributed by atoms with Gasteiger partial charge < -0.3 is 14.9 Å². The molecule has 0 aromatic heterocycles. The molecule has 224 valence electrons. The van der Waals surface area contributed by atoms with E-state index in [4.69, 9.17) is 9.84 Å². The largest absolute Gasteiger partial charge is 0.481 e. The van der Waals surface area contributed by atoms with Crippen LogP contribution < -0.4 is 0 Å². The second kappa shape index (κ2) is 9.59. The van der Waals surface area contributed by atoms with Crippen molar-refractivity contribution in [3.63, 3.8) is 0 Å². The second-order valence-electron chi connectivity index (χ2n) is 15.8. The molecule has 5 aliphatic rings. The van der Waals surface area contributed by atoms with Crippen LogP contribution in [0.15, 0.2) is 11.6 Å². The number of ether oxygens (including phenoxy) is 1. The molecule has 0 amide bonds. The summed E-state index contributed by atoms with van der Waals surface area (Å²) in [6.07, 6.45) is 10.6. The molecule has 3 unspecified atom stereocenters. The molecule has 6 nitrogen and oxygen atoms in total. The molecule has 0 bridgehead atoms. The van der Waals surface area contributed by atoms with Crippen molar-refractivity contribution in [1.82, 2.24) is 0 Å². The summed E-state index contributed by atoms with van der Waals surface area (Å²) in [5, 5.41) is 19.6. The predicted octanol–water partition coefficient (Wildman–Crippen LogP) is 7.51. The minimum absolute atomic E-state index is 0.0108. The van der Waals surface area contributed by atoms with Crippen LogP contribution in [-0.2, 0) is 19.1 Å². The summed E-state index contributed by atoms with van der Waals surface area (Å²) < 4.78 is 5.96. The van der Waals surface area contributed by atoms with E-state index in [-0.39, 0.29) is 46.5 Å². The fourth-order valence-electron chi connectivity index (χ4n) is 11.5. The Kier molecular flexibility index (Phi) is 7.11. The van der Waals surface area contributed by atoms with Crippen molar-refractivity contribution in [3.8, 4) is 0 Å². The van der Waals surface area contributed by atoms with Crippen LogP contribution in [0.25, 0.3) is 0 Å². The Morgan fingerprint density at radius 2 is 1.57 bits per heavy atom. The molecule has 40 heavy (non-hydrogen) atoms. The van der Waals surface area contributed by atoms with Crippen molar-refractivity contribution in [2.75, 3.05) is 0 Å². The molecule has 0 heterocycles. The standard InChI is InChI=1S/C34H52O6/c1-20-12-17-34(29(38)39)19-18-32(6)22(28(34)21(20)2)8-9-24-31(5)15-14-25(40-27(37)11-10-26(35)36)30(3,4)23(31)13-16-33(24,32)7/h8,20-21,23-25,28H,9-19H2,1-7H3,(H,35,36)(H,38,39)/t20-,21+,23?,24?,25+,28?,31+,32-,33-,34+/m1/s1. The number of carbonyl (C=O) groups excluding carboxylic acids is 1. The summed E-state index contributed by atoms with van der Waals surface area (Å²) in [4.78, 5) is 36.4. The monoisotopic (exact) mass is 556 g/mol. The lowest BCUT2D eigenvalue weighted by Gasteiger charge is -2.71. The van der Waals surface area contributed by atoms with E-state index in [1.165, 1.54) is 5.57 Å². The van der Waals surface area contributed by atoms with Gasteiger partial charge in [-0.25, -0.2) is 0 Å². The lowest BCUT2D eigenvalue weighted by atomic mass is 9.33. The van der Waals surface area contributed by atoms with Crippen molar-refractivity contribution in [1.29, 1.82) is 0 Å². The van der Waals surface area contributed by atoms with Gasteiger partial charge in [0.05, 0.1) is 18.3 Å². The van der Waals surface area contributed by atoms with Crippen LogP contribution in [0.3, 0.4) is 0 Å². The van der Waals surface area contributed by atoms with Crippen LogP contribution in [0, 0.1) is 56.7 Å². The summed E-state index contributed by atoms with van der Waals surface area (Å²) >= 11 is 0. The maximum atomic E-state index is 12.9. The van der Waals surface area contributed by atoms with E-state index < -0.39 is 23.3 Å². The van der Waals surface area contributed by atoms with Crippen LogP contribution in [0.4, 0.5) is 0 Å². The van der Waals surface area contributed by atoms with Crippen molar-refractivity contribution < 1.29 is 29.3 Å². The molecule has 0 saturated heterocycles. The molecule has 10 atom stereocenters. The van der Waals surface area contributed by atoms with E-state index in [1.807, 2.05) is 0 Å². The molecular weight excluding hydrogens is 504 g/mol. The van der Waals surface area contributed by atoms with Gasteiger partial charge in [0.15, 0.2) is 0 Å². The second-order valence-corrected chi connectivity index (χ2v) is 15.8. The number of allylic oxidation sites excluding steroid dienone is 2. The van der Waals surface area contributed by atoms with Crippen molar-refractivity contribution in [3.05, 3.63) is 11.6 Å². The first kappa shape index (κ1) is 29.6. The number of aliphatic carboxylic acids is 2. The Hall–Kier alpha value is -1.85. The van der Waals surface area contributed by atoms with E-state index in [2.05, 4.69) is 54.5 Å². The Labute approximate surface area is 240 Å². The maximum Gasteiger partial charge on any atom is 0.310 e.